The second-order valence-electron chi connectivity index (χ2n) is 3.17. The summed E-state index contributed by atoms with van der Waals surface area (Å²) in [6.45, 7) is 6.64. The maximum atomic E-state index is 5.32. The minimum atomic E-state index is 0.413. The fourth-order valence-electron chi connectivity index (χ4n) is 1.07. The van der Waals surface area contributed by atoms with Gasteiger partial charge in [-0.3, -0.25) is 0 Å². The topological polar surface area (TPSA) is 21.3 Å². The summed E-state index contributed by atoms with van der Waals surface area (Å²) in [5.74, 6) is 0. The molecule has 1 unspecified atom stereocenters. The molecular formula is C10H16BrNOS. The molecule has 1 heterocycles. The SMILES string of the molecule is CCOCC(C)NCc1cc(Br)cs1. The third-order valence-electron chi connectivity index (χ3n) is 1.82. The van der Waals surface area contributed by atoms with Crippen LogP contribution in [0.4, 0.5) is 0 Å². The van der Waals surface area contributed by atoms with Crippen molar-refractivity contribution in [2.24, 2.45) is 0 Å². The number of thiophene rings is 1. The second kappa shape index (κ2) is 6.56. The Hall–Kier alpha value is 0.1000. The molecule has 1 aromatic heterocycles. The van der Waals surface area contributed by atoms with Crippen molar-refractivity contribution in [3.63, 3.8) is 0 Å². The molecule has 0 radical (unpaired) electrons. The third-order valence-corrected chi connectivity index (χ3v) is 3.52. The lowest BCUT2D eigenvalue weighted by molar-refractivity contribution is 0.127. The van der Waals surface area contributed by atoms with Crippen LogP contribution in [0.15, 0.2) is 15.9 Å². The highest BCUT2D eigenvalue weighted by Gasteiger charge is 2.02. The van der Waals surface area contributed by atoms with Gasteiger partial charge in [-0.05, 0) is 35.8 Å². The maximum Gasteiger partial charge on any atom is 0.0616 e. The number of hydrogen-bond acceptors (Lipinski definition) is 3. The Labute approximate surface area is 97.8 Å². The Balaban J connectivity index is 2.20. The summed E-state index contributed by atoms with van der Waals surface area (Å²) in [6.07, 6.45) is 0. The number of rotatable bonds is 6. The van der Waals surface area contributed by atoms with Crippen LogP contribution < -0.4 is 5.32 Å². The van der Waals surface area contributed by atoms with Crippen LogP contribution in [0.3, 0.4) is 0 Å². The summed E-state index contributed by atoms with van der Waals surface area (Å²) >= 11 is 5.20. The highest BCUT2D eigenvalue weighted by Crippen LogP contribution is 2.19. The van der Waals surface area contributed by atoms with Crippen LogP contribution in [0.2, 0.25) is 0 Å². The van der Waals surface area contributed by atoms with E-state index < -0.39 is 0 Å². The quantitative estimate of drug-likeness (QED) is 0.863. The summed E-state index contributed by atoms with van der Waals surface area (Å²) in [5, 5.41) is 5.51. The molecule has 4 heteroatoms. The first-order valence-electron chi connectivity index (χ1n) is 4.76. The minimum Gasteiger partial charge on any atom is -0.380 e. The van der Waals surface area contributed by atoms with E-state index >= 15 is 0 Å². The fraction of sp³-hybridized carbons (Fsp3) is 0.600. The molecular weight excluding hydrogens is 262 g/mol. The predicted molar refractivity (Wildman–Crippen MR) is 64.8 cm³/mol. The molecule has 0 aliphatic heterocycles. The Bertz CT molecular complexity index is 264. The molecule has 1 atom stereocenters. The molecule has 0 aliphatic carbocycles. The Morgan fingerprint density at radius 2 is 2.43 bits per heavy atom. The van der Waals surface area contributed by atoms with E-state index in [9.17, 15) is 0 Å². The van der Waals surface area contributed by atoms with Crippen LogP contribution in [0.25, 0.3) is 0 Å². The molecule has 14 heavy (non-hydrogen) atoms. The van der Waals surface area contributed by atoms with Crippen molar-refractivity contribution in [1.82, 2.24) is 5.32 Å². The van der Waals surface area contributed by atoms with Crippen molar-refractivity contribution in [2.45, 2.75) is 26.4 Å². The van der Waals surface area contributed by atoms with Gasteiger partial charge in [0, 0.05) is 33.9 Å². The zero-order valence-electron chi connectivity index (χ0n) is 8.55. The highest BCUT2D eigenvalue weighted by molar-refractivity contribution is 9.10. The van der Waals surface area contributed by atoms with E-state index in [-0.39, 0.29) is 0 Å². The van der Waals surface area contributed by atoms with Crippen LogP contribution >= 0.6 is 27.3 Å². The average molecular weight is 278 g/mol. The summed E-state index contributed by atoms with van der Waals surface area (Å²) in [7, 11) is 0. The normalized spacial score (nSPS) is 13.1. The summed E-state index contributed by atoms with van der Waals surface area (Å²) in [6, 6.07) is 2.56. The van der Waals surface area contributed by atoms with Crippen LogP contribution in [0, 0.1) is 0 Å². The lowest BCUT2D eigenvalue weighted by atomic mass is 10.3. The van der Waals surface area contributed by atoms with Gasteiger partial charge in [0.05, 0.1) is 6.61 Å². The van der Waals surface area contributed by atoms with E-state index in [1.165, 1.54) is 4.88 Å². The molecule has 1 N–H and O–H groups in total. The van der Waals surface area contributed by atoms with Gasteiger partial charge in [-0.25, -0.2) is 0 Å². The van der Waals surface area contributed by atoms with Crippen LogP contribution in [-0.4, -0.2) is 19.3 Å². The number of hydrogen-bond donors (Lipinski definition) is 1. The molecule has 0 amide bonds. The van der Waals surface area contributed by atoms with Gasteiger partial charge < -0.3 is 10.1 Å². The molecule has 0 saturated carbocycles. The van der Waals surface area contributed by atoms with Crippen molar-refractivity contribution in [2.75, 3.05) is 13.2 Å². The molecule has 2 nitrogen and oxygen atoms in total. The van der Waals surface area contributed by atoms with Gasteiger partial charge in [0.15, 0.2) is 0 Å². The minimum absolute atomic E-state index is 0.413. The lowest BCUT2D eigenvalue weighted by Gasteiger charge is -2.12. The standard InChI is InChI=1S/C10H16BrNOS/c1-3-13-6-8(2)12-5-10-4-9(11)7-14-10/h4,7-8,12H,3,5-6H2,1-2H3. The van der Waals surface area contributed by atoms with Crippen molar-refractivity contribution in [1.29, 1.82) is 0 Å². The molecule has 1 rings (SSSR count). The number of ether oxygens (including phenoxy) is 1. The van der Waals surface area contributed by atoms with Crippen LogP contribution in [-0.2, 0) is 11.3 Å². The average Bonchev–Trinajstić information content (AvgIpc) is 2.58. The smallest absolute Gasteiger partial charge is 0.0616 e. The van der Waals surface area contributed by atoms with Gasteiger partial charge in [0.25, 0.3) is 0 Å². The first-order valence-corrected chi connectivity index (χ1v) is 6.43. The number of nitrogens with one attached hydrogen (secondary N) is 1. The van der Waals surface area contributed by atoms with Crippen molar-refractivity contribution < 1.29 is 4.74 Å². The molecule has 0 saturated heterocycles. The first kappa shape index (κ1) is 12.2. The maximum absolute atomic E-state index is 5.32. The van der Waals surface area contributed by atoms with E-state index in [4.69, 9.17) is 4.74 Å². The van der Waals surface area contributed by atoms with Crippen LogP contribution in [0.5, 0.6) is 0 Å². The Morgan fingerprint density at radius 1 is 1.64 bits per heavy atom. The van der Waals surface area contributed by atoms with Crippen molar-refractivity contribution in [3.05, 3.63) is 20.8 Å². The van der Waals surface area contributed by atoms with E-state index in [1.54, 1.807) is 11.3 Å². The zero-order valence-corrected chi connectivity index (χ0v) is 11.0. The van der Waals surface area contributed by atoms with Gasteiger partial charge in [-0.1, -0.05) is 0 Å². The molecule has 0 fully saturated rings. The zero-order chi connectivity index (χ0) is 10.4. The van der Waals surface area contributed by atoms with Gasteiger partial charge in [-0.2, -0.15) is 0 Å². The molecule has 1 aromatic rings. The first-order chi connectivity index (χ1) is 6.72. The Morgan fingerprint density at radius 3 is 3.00 bits per heavy atom. The van der Waals surface area contributed by atoms with Gasteiger partial charge in [0.2, 0.25) is 0 Å². The summed E-state index contributed by atoms with van der Waals surface area (Å²) < 4.78 is 6.48. The molecule has 0 bridgehead atoms. The molecule has 0 aliphatic rings. The van der Waals surface area contributed by atoms with E-state index in [0.717, 1.165) is 24.2 Å². The van der Waals surface area contributed by atoms with Gasteiger partial charge in [0.1, 0.15) is 0 Å². The number of halogens is 1. The van der Waals surface area contributed by atoms with Gasteiger partial charge >= 0.3 is 0 Å². The second-order valence-corrected chi connectivity index (χ2v) is 5.08. The molecule has 80 valence electrons. The molecule has 0 aromatic carbocycles. The largest absolute Gasteiger partial charge is 0.380 e. The summed E-state index contributed by atoms with van der Waals surface area (Å²) in [4.78, 5) is 1.35. The van der Waals surface area contributed by atoms with E-state index in [2.05, 4.69) is 39.6 Å². The summed E-state index contributed by atoms with van der Waals surface area (Å²) in [5.41, 5.74) is 0. The van der Waals surface area contributed by atoms with Crippen molar-refractivity contribution >= 4 is 27.3 Å². The van der Waals surface area contributed by atoms with Crippen LogP contribution in [0.1, 0.15) is 18.7 Å². The highest BCUT2D eigenvalue weighted by atomic mass is 79.9. The monoisotopic (exact) mass is 277 g/mol. The third kappa shape index (κ3) is 4.55. The molecule has 0 spiro atoms. The van der Waals surface area contributed by atoms with Gasteiger partial charge in [-0.15, -0.1) is 11.3 Å². The lowest BCUT2D eigenvalue weighted by Crippen LogP contribution is -2.29. The predicted octanol–water partition coefficient (Wildman–Crippen LogP) is 3.03. The van der Waals surface area contributed by atoms with E-state index in [1.807, 2.05) is 6.92 Å². The van der Waals surface area contributed by atoms with Crippen molar-refractivity contribution in [3.8, 4) is 0 Å². The Kier molecular flexibility index (Phi) is 5.70. The fourth-order valence-corrected chi connectivity index (χ4v) is 2.48. The van der Waals surface area contributed by atoms with E-state index in [0.29, 0.717) is 6.04 Å².